The summed E-state index contributed by atoms with van der Waals surface area (Å²) in [6.07, 6.45) is 14.5. The first-order valence-electron chi connectivity index (χ1n) is 12.4. The highest BCUT2D eigenvalue weighted by Gasteiger charge is 2.41. The first-order chi connectivity index (χ1) is 14.9. The SMILES string of the molecule is CC(C)C=O.CC(C)N1CC2CCC(C1)N2c1ncc(CN(C)C2CCCCC2)cn1. The van der Waals surface area contributed by atoms with Crippen LogP contribution in [-0.2, 0) is 11.3 Å². The van der Waals surface area contributed by atoms with Gasteiger partial charge in [0.2, 0.25) is 5.95 Å². The van der Waals surface area contributed by atoms with Crippen LogP contribution in [0.3, 0.4) is 0 Å². The van der Waals surface area contributed by atoms with E-state index in [-0.39, 0.29) is 5.92 Å². The van der Waals surface area contributed by atoms with Crippen LogP contribution in [0.1, 0.15) is 78.2 Å². The summed E-state index contributed by atoms with van der Waals surface area (Å²) in [6, 6.07) is 2.56. The highest BCUT2D eigenvalue weighted by atomic mass is 16.1. The smallest absolute Gasteiger partial charge is 0.225 e. The third kappa shape index (κ3) is 6.48. The molecule has 1 aromatic heterocycles. The van der Waals surface area contributed by atoms with E-state index in [0.717, 1.165) is 37.9 Å². The molecule has 174 valence electrons. The minimum Gasteiger partial charge on any atom is -0.332 e. The first kappa shape index (κ1) is 24.1. The van der Waals surface area contributed by atoms with Gasteiger partial charge in [-0.05, 0) is 46.6 Å². The molecule has 2 bridgehead atoms. The molecule has 0 radical (unpaired) electrons. The zero-order valence-electron chi connectivity index (χ0n) is 20.3. The summed E-state index contributed by atoms with van der Waals surface area (Å²) in [5, 5.41) is 0. The molecule has 4 rings (SSSR count). The minimum absolute atomic E-state index is 0.204. The van der Waals surface area contributed by atoms with E-state index in [0.29, 0.717) is 18.1 Å². The van der Waals surface area contributed by atoms with E-state index in [4.69, 9.17) is 9.97 Å². The van der Waals surface area contributed by atoms with Crippen LogP contribution >= 0.6 is 0 Å². The van der Waals surface area contributed by atoms with Crippen molar-refractivity contribution in [2.75, 3.05) is 25.0 Å². The molecule has 2 unspecified atom stereocenters. The second-order valence-electron chi connectivity index (χ2n) is 10.3. The van der Waals surface area contributed by atoms with Crippen molar-refractivity contribution in [2.45, 2.75) is 103 Å². The Hall–Kier alpha value is -1.53. The third-order valence-electron chi connectivity index (χ3n) is 7.07. The van der Waals surface area contributed by atoms with Crippen LogP contribution in [0.25, 0.3) is 0 Å². The fraction of sp³-hybridized carbons (Fsp3) is 0.800. The quantitative estimate of drug-likeness (QED) is 0.634. The van der Waals surface area contributed by atoms with Gasteiger partial charge in [-0.1, -0.05) is 33.1 Å². The molecule has 3 fully saturated rings. The van der Waals surface area contributed by atoms with Gasteiger partial charge in [0, 0.05) is 67.7 Å². The molecule has 1 aromatic rings. The molecular weight excluding hydrogens is 386 g/mol. The van der Waals surface area contributed by atoms with Gasteiger partial charge in [0.25, 0.3) is 0 Å². The fourth-order valence-electron chi connectivity index (χ4n) is 5.19. The van der Waals surface area contributed by atoms with Crippen molar-refractivity contribution < 1.29 is 4.79 Å². The number of carbonyl (C=O) groups is 1. The van der Waals surface area contributed by atoms with E-state index in [1.54, 1.807) is 0 Å². The lowest BCUT2D eigenvalue weighted by molar-refractivity contribution is -0.110. The topological polar surface area (TPSA) is 52.6 Å². The predicted octanol–water partition coefficient (Wildman–Crippen LogP) is 4.14. The van der Waals surface area contributed by atoms with Gasteiger partial charge in [-0.2, -0.15) is 0 Å². The first-order valence-corrected chi connectivity index (χ1v) is 12.4. The van der Waals surface area contributed by atoms with E-state index >= 15 is 0 Å². The molecule has 0 N–H and O–H groups in total. The number of anilines is 1. The highest BCUT2D eigenvalue weighted by Crippen LogP contribution is 2.33. The number of fused-ring (bicyclic) bond motifs is 2. The van der Waals surface area contributed by atoms with Gasteiger partial charge in [0.05, 0.1) is 0 Å². The second-order valence-corrected chi connectivity index (χ2v) is 10.3. The van der Waals surface area contributed by atoms with Crippen molar-refractivity contribution >= 4 is 12.2 Å². The molecule has 1 saturated carbocycles. The number of nitrogens with zero attached hydrogens (tertiary/aromatic N) is 5. The normalized spacial score (nSPS) is 24.6. The standard InChI is InChI=1S/C21H35N5.C4H8O/c1-16(2)25-14-19-9-10-20(15-25)26(19)21-22-11-17(12-23-21)13-24(3)18-7-5-4-6-8-18;1-4(2)3-5/h11-12,16,18-20H,4-10,13-15H2,1-3H3;3-4H,1-2H3. The average molecular weight is 430 g/mol. The van der Waals surface area contributed by atoms with Crippen LogP contribution in [0.2, 0.25) is 0 Å². The summed E-state index contributed by atoms with van der Waals surface area (Å²) in [5.74, 6) is 1.15. The number of hydrogen-bond acceptors (Lipinski definition) is 6. The molecular formula is C25H43N5O. The Morgan fingerprint density at radius 1 is 1.00 bits per heavy atom. The summed E-state index contributed by atoms with van der Waals surface area (Å²) < 4.78 is 0. The number of rotatable bonds is 6. The number of piperazine rings is 1. The van der Waals surface area contributed by atoms with Crippen LogP contribution < -0.4 is 4.90 Å². The van der Waals surface area contributed by atoms with Crippen molar-refractivity contribution in [3.63, 3.8) is 0 Å². The minimum atomic E-state index is 0.204. The molecule has 3 aliphatic rings. The summed E-state index contributed by atoms with van der Waals surface area (Å²) in [6.45, 7) is 11.6. The van der Waals surface area contributed by atoms with Gasteiger partial charge in [0.1, 0.15) is 6.29 Å². The van der Waals surface area contributed by atoms with E-state index in [2.05, 4.69) is 48.0 Å². The molecule has 31 heavy (non-hydrogen) atoms. The molecule has 6 heteroatoms. The maximum Gasteiger partial charge on any atom is 0.225 e. The summed E-state index contributed by atoms with van der Waals surface area (Å²) in [4.78, 5) is 26.7. The Morgan fingerprint density at radius 2 is 1.55 bits per heavy atom. The molecule has 3 heterocycles. The molecule has 6 nitrogen and oxygen atoms in total. The van der Waals surface area contributed by atoms with E-state index in [1.807, 2.05) is 13.8 Å². The summed E-state index contributed by atoms with van der Waals surface area (Å²) >= 11 is 0. The summed E-state index contributed by atoms with van der Waals surface area (Å²) in [5.41, 5.74) is 1.25. The van der Waals surface area contributed by atoms with Crippen molar-refractivity contribution in [3.05, 3.63) is 18.0 Å². The van der Waals surface area contributed by atoms with Gasteiger partial charge in [0.15, 0.2) is 0 Å². The predicted molar refractivity (Wildman–Crippen MR) is 127 cm³/mol. The second kappa shape index (κ2) is 11.4. The van der Waals surface area contributed by atoms with Gasteiger partial charge in [-0.3, -0.25) is 9.80 Å². The maximum atomic E-state index is 9.50. The Kier molecular flexibility index (Phi) is 8.85. The van der Waals surface area contributed by atoms with Crippen molar-refractivity contribution in [1.82, 2.24) is 19.8 Å². The summed E-state index contributed by atoms with van der Waals surface area (Å²) in [7, 11) is 2.26. The molecule has 0 amide bonds. The number of aldehydes is 1. The molecule has 2 aliphatic heterocycles. The Balaban J connectivity index is 0.000000491. The van der Waals surface area contributed by atoms with Crippen LogP contribution in [0, 0.1) is 5.92 Å². The van der Waals surface area contributed by atoms with Gasteiger partial charge in [-0.25, -0.2) is 9.97 Å². The van der Waals surface area contributed by atoms with Crippen LogP contribution in [0.15, 0.2) is 12.4 Å². The van der Waals surface area contributed by atoms with Crippen LogP contribution in [-0.4, -0.2) is 70.4 Å². The number of hydrogen-bond donors (Lipinski definition) is 0. The lowest BCUT2D eigenvalue weighted by atomic mass is 9.94. The fourth-order valence-corrected chi connectivity index (χ4v) is 5.19. The number of aromatic nitrogens is 2. The highest BCUT2D eigenvalue weighted by molar-refractivity contribution is 5.51. The zero-order valence-corrected chi connectivity index (χ0v) is 20.3. The van der Waals surface area contributed by atoms with Crippen LogP contribution in [0.5, 0.6) is 0 Å². The van der Waals surface area contributed by atoms with E-state index < -0.39 is 0 Å². The Morgan fingerprint density at radius 3 is 2.03 bits per heavy atom. The van der Waals surface area contributed by atoms with Crippen molar-refractivity contribution in [2.24, 2.45) is 5.92 Å². The van der Waals surface area contributed by atoms with Crippen molar-refractivity contribution in [1.29, 1.82) is 0 Å². The van der Waals surface area contributed by atoms with Crippen LogP contribution in [0.4, 0.5) is 5.95 Å². The van der Waals surface area contributed by atoms with E-state index in [1.165, 1.54) is 50.5 Å². The maximum absolute atomic E-state index is 9.50. The van der Waals surface area contributed by atoms with Gasteiger partial charge >= 0.3 is 0 Å². The lowest BCUT2D eigenvalue weighted by Gasteiger charge is -2.42. The largest absolute Gasteiger partial charge is 0.332 e. The van der Waals surface area contributed by atoms with E-state index in [9.17, 15) is 4.79 Å². The molecule has 2 atom stereocenters. The monoisotopic (exact) mass is 429 g/mol. The molecule has 0 aromatic carbocycles. The Labute approximate surface area is 189 Å². The third-order valence-corrected chi connectivity index (χ3v) is 7.07. The van der Waals surface area contributed by atoms with Gasteiger partial charge < -0.3 is 9.69 Å². The number of carbonyl (C=O) groups excluding carboxylic acids is 1. The lowest BCUT2D eigenvalue weighted by Crippen LogP contribution is -2.56. The Bertz CT molecular complexity index is 657. The van der Waals surface area contributed by atoms with Gasteiger partial charge in [-0.15, -0.1) is 0 Å². The van der Waals surface area contributed by atoms with Crippen molar-refractivity contribution in [3.8, 4) is 0 Å². The molecule has 0 spiro atoms. The average Bonchev–Trinajstić information content (AvgIpc) is 3.04. The zero-order chi connectivity index (χ0) is 22.4. The molecule has 2 saturated heterocycles. The molecule has 1 aliphatic carbocycles. The number of likely N-dealkylation sites (tertiary alicyclic amines) is 1.